The molecule has 1 amide bonds. The minimum Gasteiger partial charge on any atom is -0.444 e. The normalized spacial score (nSPS) is 26.7. The van der Waals surface area contributed by atoms with Crippen molar-refractivity contribution in [3.63, 3.8) is 0 Å². The molecule has 0 aromatic carbocycles. The summed E-state index contributed by atoms with van der Waals surface area (Å²) in [6.45, 7) is 8.12. The van der Waals surface area contributed by atoms with Gasteiger partial charge in [-0.15, -0.1) is 0 Å². The first kappa shape index (κ1) is 15.1. The van der Waals surface area contributed by atoms with Gasteiger partial charge in [-0.1, -0.05) is 15.9 Å². The third-order valence-electron chi connectivity index (χ3n) is 3.93. The molecule has 2 heterocycles. The average molecular weight is 334 g/mol. The zero-order valence-corrected chi connectivity index (χ0v) is 13.7. The third kappa shape index (κ3) is 3.85. The number of carbonyl (C=O) groups is 1. The molecule has 2 aliphatic rings. The number of hydrogen-bond acceptors (Lipinski definition) is 3. The molecule has 1 spiro atoms. The maximum absolute atomic E-state index is 12.0. The molecule has 2 saturated heterocycles. The number of halogens is 1. The summed E-state index contributed by atoms with van der Waals surface area (Å²) >= 11 is 3.48. The quantitative estimate of drug-likeness (QED) is 0.692. The molecule has 0 radical (unpaired) electrons. The van der Waals surface area contributed by atoms with Gasteiger partial charge in [-0.3, -0.25) is 0 Å². The highest BCUT2D eigenvalue weighted by atomic mass is 79.9. The molecule has 0 aliphatic carbocycles. The fourth-order valence-corrected chi connectivity index (χ4v) is 3.25. The van der Waals surface area contributed by atoms with E-state index in [1.54, 1.807) is 0 Å². The van der Waals surface area contributed by atoms with Gasteiger partial charge in [-0.2, -0.15) is 0 Å². The average Bonchev–Trinajstić information content (AvgIpc) is 2.71. The molecular formula is C14H24BrNO3. The van der Waals surface area contributed by atoms with Gasteiger partial charge in [0.05, 0.1) is 12.7 Å². The number of amides is 1. The number of hydrogen-bond donors (Lipinski definition) is 0. The Bertz CT molecular complexity index is 332. The SMILES string of the molecule is CC(C)(C)OC(=O)N1CCC2(CC1)CO[C@@H](CBr)C2. The van der Waals surface area contributed by atoms with Gasteiger partial charge in [-0.25, -0.2) is 4.79 Å². The maximum Gasteiger partial charge on any atom is 0.410 e. The van der Waals surface area contributed by atoms with E-state index in [4.69, 9.17) is 9.47 Å². The molecule has 2 fully saturated rings. The molecular weight excluding hydrogens is 310 g/mol. The van der Waals surface area contributed by atoms with Crippen LogP contribution in [0.25, 0.3) is 0 Å². The zero-order valence-electron chi connectivity index (χ0n) is 12.1. The Kier molecular flexibility index (Phi) is 4.45. The molecule has 110 valence electrons. The predicted octanol–water partition coefficient (Wildman–Crippen LogP) is 3.19. The lowest BCUT2D eigenvalue weighted by Crippen LogP contribution is -2.45. The van der Waals surface area contributed by atoms with E-state index in [-0.39, 0.29) is 11.5 Å². The number of piperidine rings is 1. The van der Waals surface area contributed by atoms with Crippen LogP contribution in [0.3, 0.4) is 0 Å². The molecule has 4 nitrogen and oxygen atoms in total. The van der Waals surface area contributed by atoms with Gasteiger partial charge >= 0.3 is 6.09 Å². The van der Waals surface area contributed by atoms with Crippen molar-refractivity contribution in [3.8, 4) is 0 Å². The second-order valence-corrected chi connectivity index (χ2v) is 7.41. The van der Waals surface area contributed by atoms with Crippen molar-refractivity contribution in [2.24, 2.45) is 5.41 Å². The lowest BCUT2D eigenvalue weighted by molar-refractivity contribution is 0.00804. The molecule has 2 rings (SSSR count). The van der Waals surface area contributed by atoms with Gasteiger partial charge in [0.1, 0.15) is 5.60 Å². The molecule has 0 unspecified atom stereocenters. The first-order chi connectivity index (χ1) is 8.84. The Balaban J connectivity index is 1.84. The van der Waals surface area contributed by atoms with Crippen molar-refractivity contribution in [1.82, 2.24) is 4.90 Å². The van der Waals surface area contributed by atoms with E-state index in [0.717, 1.165) is 44.3 Å². The summed E-state index contributed by atoms with van der Waals surface area (Å²) in [5, 5.41) is 0.907. The fourth-order valence-electron chi connectivity index (χ4n) is 2.83. The maximum atomic E-state index is 12.0. The molecule has 0 N–H and O–H groups in total. The lowest BCUT2D eigenvalue weighted by atomic mass is 9.77. The van der Waals surface area contributed by atoms with Gasteiger partial charge in [0.15, 0.2) is 0 Å². The monoisotopic (exact) mass is 333 g/mol. The van der Waals surface area contributed by atoms with Gasteiger partial charge < -0.3 is 14.4 Å². The van der Waals surface area contributed by atoms with E-state index in [9.17, 15) is 4.79 Å². The number of ether oxygens (including phenoxy) is 2. The predicted molar refractivity (Wildman–Crippen MR) is 77.6 cm³/mol. The minimum absolute atomic E-state index is 0.182. The molecule has 5 heteroatoms. The van der Waals surface area contributed by atoms with E-state index in [1.807, 2.05) is 25.7 Å². The van der Waals surface area contributed by atoms with Crippen LogP contribution < -0.4 is 0 Å². The van der Waals surface area contributed by atoms with E-state index in [2.05, 4.69) is 15.9 Å². The zero-order chi connectivity index (χ0) is 14.1. The van der Waals surface area contributed by atoms with E-state index >= 15 is 0 Å². The Morgan fingerprint density at radius 3 is 2.53 bits per heavy atom. The van der Waals surface area contributed by atoms with Crippen LogP contribution in [-0.4, -0.2) is 47.7 Å². The summed E-state index contributed by atoms with van der Waals surface area (Å²) in [5.41, 5.74) is -0.124. The van der Waals surface area contributed by atoms with E-state index in [1.165, 1.54) is 0 Å². The largest absolute Gasteiger partial charge is 0.444 e. The Morgan fingerprint density at radius 1 is 1.42 bits per heavy atom. The highest BCUT2D eigenvalue weighted by Gasteiger charge is 2.43. The van der Waals surface area contributed by atoms with Crippen LogP contribution in [0.1, 0.15) is 40.0 Å². The summed E-state index contributed by atoms with van der Waals surface area (Å²) in [4.78, 5) is 13.8. The summed E-state index contributed by atoms with van der Waals surface area (Å²) in [6, 6.07) is 0. The first-order valence-corrected chi connectivity index (χ1v) is 8.11. The van der Waals surface area contributed by atoms with Crippen molar-refractivity contribution >= 4 is 22.0 Å². The minimum atomic E-state index is -0.413. The molecule has 19 heavy (non-hydrogen) atoms. The topological polar surface area (TPSA) is 38.8 Å². The van der Waals surface area contributed by atoms with Gasteiger partial charge in [-0.05, 0) is 45.4 Å². The van der Waals surface area contributed by atoms with Gasteiger partial charge in [0.25, 0.3) is 0 Å². The highest BCUT2D eigenvalue weighted by Crippen LogP contribution is 2.42. The molecule has 0 saturated carbocycles. The van der Waals surface area contributed by atoms with Crippen LogP contribution >= 0.6 is 15.9 Å². The molecule has 0 aromatic rings. The molecule has 2 aliphatic heterocycles. The number of rotatable bonds is 1. The van der Waals surface area contributed by atoms with E-state index < -0.39 is 5.60 Å². The van der Waals surface area contributed by atoms with E-state index in [0.29, 0.717) is 6.10 Å². The molecule has 0 bridgehead atoms. The lowest BCUT2D eigenvalue weighted by Gasteiger charge is -2.38. The van der Waals surface area contributed by atoms with Crippen molar-refractivity contribution in [1.29, 1.82) is 0 Å². The second-order valence-electron chi connectivity index (χ2n) is 6.76. The second kappa shape index (κ2) is 5.60. The molecule has 0 aromatic heterocycles. The summed E-state index contributed by atoms with van der Waals surface area (Å²) in [5.74, 6) is 0. The summed E-state index contributed by atoms with van der Waals surface area (Å²) < 4.78 is 11.2. The standard InChI is InChI=1S/C14H24BrNO3/c1-13(2,3)19-12(17)16-6-4-14(5-7-16)8-11(9-15)18-10-14/h11H,4-10H2,1-3H3/t11-/m1/s1. The number of nitrogens with zero attached hydrogens (tertiary/aromatic N) is 1. The highest BCUT2D eigenvalue weighted by molar-refractivity contribution is 9.09. The van der Waals surface area contributed by atoms with Crippen LogP contribution in [0.2, 0.25) is 0 Å². The first-order valence-electron chi connectivity index (χ1n) is 6.99. The number of likely N-dealkylation sites (tertiary alicyclic amines) is 1. The Morgan fingerprint density at radius 2 is 2.05 bits per heavy atom. The molecule has 1 atom stereocenters. The van der Waals surface area contributed by atoms with Crippen molar-refractivity contribution in [3.05, 3.63) is 0 Å². The van der Waals surface area contributed by atoms with Crippen LogP contribution in [0.4, 0.5) is 4.79 Å². The number of alkyl halides is 1. The van der Waals surface area contributed by atoms with Gasteiger partial charge in [0, 0.05) is 18.4 Å². The van der Waals surface area contributed by atoms with Crippen molar-refractivity contribution in [2.45, 2.75) is 51.7 Å². The van der Waals surface area contributed by atoms with Crippen molar-refractivity contribution < 1.29 is 14.3 Å². The fraction of sp³-hybridized carbons (Fsp3) is 0.929. The van der Waals surface area contributed by atoms with Crippen LogP contribution in [0, 0.1) is 5.41 Å². The number of carbonyl (C=O) groups excluding carboxylic acids is 1. The Hall–Kier alpha value is -0.290. The summed E-state index contributed by atoms with van der Waals surface area (Å²) in [6.07, 6.45) is 3.32. The van der Waals surface area contributed by atoms with Crippen molar-refractivity contribution in [2.75, 3.05) is 25.0 Å². The third-order valence-corrected chi connectivity index (χ3v) is 4.66. The van der Waals surface area contributed by atoms with Crippen LogP contribution in [0.5, 0.6) is 0 Å². The van der Waals surface area contributed by atoms with Crippen LogP contribution in [-0.2, 0) is 9.47 Å². The summed E-state index contributed by atoms with van der Waals surface area (Å²) in [7, 11) is 0. The smallest absolute Gasteiger partial charge is 0.410 e. The Labute approximate surface area is 123 Å². The van der Waals surface area contributed by atoms with Gasteiger partial charge in [0.2, 0.25) is 0 Å². The van der Waals surface area contributed by atoms with Crippen LogP contribution in [0.15, 0.2) is 0 Å².